The molecule has 0 bridgehead atoms. The van der Waals surface area contributed by atoms with Crippen LogP contribution in [0.4, 0.5) is 11.5 Å². The standard InChI is InChI=1S/C12H20BrN3O/c1-9(2)8-17-5-3-4-15-12-11(13)6-10(14)7-16-12/h6-7,9H,3-5,8,14H2,1-2H3,(H,15,16). The zero-order valence-electron chi connectivity index (χ0n) is 10.4. The second-order valence-electron chi connectivity index (χ2n) is 4.35. The van der Waals surface area contributed by atoms with Gasteiger partial charge in [0.15, 0.2) is 0 Å². The van der Waals surface area contributed by atoms with E-state index in [1.807, 2.05) is 6.07 Å². The van der Waals surface area contributed by atoms with E-state index < -0.39 is 0 Å². The maximum atomic E-state index is 5.61. The quantitative estimate of drug-likeness (QED) is 0.760. The van der Waals surface area contributed by atoms with Crippen LogP contribution in [-0.4, -0.2) is 24.7 Å². The largest absolute Gasteiger partial charge is 0.397 e. The average Bonchev–Trinajstić information content (AvgIpc) is 2.25. The normalized spacial score (nSPS) is 10.8. The first kappa shape index (κ1) is 14.3. The lowest BCUT2D eigenvalue weighted by molar-refractivity contribution is 0.110. The van der Waals surface area contributed by atoms with Crippen LogP contribution < -0.4 is 11.1 Å². The van der Waals surface area contributed by atoms with Gasteiger partial charge in [0.05, 0.1) is 16.4 Å². The van der Waals surface area contributed by atoms with E-state index in [-0.39, 0.29) is 0 Å². The summed E-state index contributed by atoms with van der Waals surface area (Å²) in [6, 6.07) is 1.84. The Balaban J connectivity index is 2.18. The van der Waals surface area contributed by atoms with E-state index in [4.69, 9.17) is 10.5 Å². The summed E-state index contributed by atoms with van der Waals surface area (Å²) in [5, 5.41) is 3.23. The molecule has 1 rings (SSSR count). The first-order chi connectivity index (χ1) is 8.09. The van der Waals surface area contributed by atoms with Crippen molar-refractivity contribution in [1.82, 2.24) is 4.98 Å². The number of anilines is 2. The summed E-state index contributed by atoms with van der Waals surface area (Å²) >= 11 is 3.41. The van der Waals surface area contributed by atoms with Crippen molar-refractivity contribution in [3.8, 4) is 0 Å². The molecular formula is C12H20BrN3O. The number of pyridine rings is 1. The molecule has 0 fully saturated rings. The van der Waals surface area contributed by atoms with Crippen molar-refractivity contribution in [1.29, 1.82) is 0 Å². The zero-order valence-corrected chi connectivity index (χ0v) is 12.0. The van der Waals surface area contributed by atoms with Gasteiger partial charge in [-0.2, -0.15) is 0 Å². The molecule has 96 valence electrons. The lowest BCUT2D eigenvalue weighted by atomic mass is 10.2. The third kappa shape index (κ3) is 5.89. The van der Waals surface area contributed by atoms with Gasteiger partial charge in [-0.25, -0.2) is 4.98 Å². The van der Waals surface area contributed by atoms with Crippen LogP contribution in [0.25, 0.3) is 0 Å². The Morgan fingerprint density at radius 3 is 2.94 bits per heavy atom. The van der Waals surface area contributed by atoms with Crippen molar-refractivity contribution in [3.05, 3.63) is 16.7 Å². The van der Waals surface area contributed by atoms with Gasteiger partial charge in [0, 0.05) is 19.8 Å². The van der Waals surface area contributed by atoms with Gasteiger partial charge >= 0.3 is 0 Å². The minimum atomic E-state index is 0.593. The first-order valence-corrected chi connectivity index (χ1v) is 6.61. The van der Waals surface area contributed by atoms with Gasteiger partial charge in [-0.15, -0.1) is 0 Å². The maximum absolute atomic E-state index is 5.61. The molecule has 0 spiro atoms. The van der Waals surface area contributed by atoms with Gasteiger partial charge in [-0.05, 0) is 34.3 Å². The highest BCUT2D eigenvalue weighted by atomic mass is 79.9. The van der Waals surface area contributed by atoms with Crippen LogP contribution >= 0.6 is 15.9 Å². The van der Waals surface area contributed by atoms with Crippen molar-refractivity contribution < 1.29 is 4.74 Å². The third-order valence-electron chi connectivity index (χ3n) is 2.07. The van der Waals surface area contributed by atoms with E-state index in [0.29, 0.717) is 11.6 Å². The first-order valence-electron chi connectivity index (χ1n) is 5.82. The highest BCUT2D eigenvalue weighted by Crippen LogP contribution is 2.21. The summed E-state index contributed by atoms with van der Waals surface area (Å²) < 4.78 is 6.38. The molecule has 1 aromatic heterocycles. The summed E-state index contributed by atoms with van der Waals surface area (Å²) in [5.74, 6) is 1.42. The summed E-state index contributed by atoms with van der Waals surface area (Å²) in [5.41, 5.74) is 6.27. The van der Waals surface area contributed by atoms with Crippen LogP contribution in [0.3, 0.4) is 0 Å². The molecular weight excluding hydrogens is 282 g/mol. The Hall–Kier alpha value is -0.810. The monoisotopic (exact) mass is 301 g/mol. The van der Waals surface area contributed by atoms with Crippen molar-refractivity contribution in [2.75, 3.05) is 30.8 Å². The molecule has 1 heterocycles. The number of hydrogen-bond acceptors (Lipinski definition) is 4. The van der Waals surface area contributed by atoms with E-state index in [1.165, 1.54) is 0 Å². The Labute approximate surface area is 111 Å². The molecule has 1 aromatic rings. The Morgan fingerprint density at radius 2 is 2.29 bits per heavy atom. The number of ether oxygens (including phenoxy) is 1. The third-order valence-corrected chi connectivity index (χ3v) is 2.68. The van der Waals surface area contributed by atoms with Crippen molar-refractivity contribution >= 4 is 27.4 Å². The molecule has 0 aliphatic heterocycles. The van der Waals surface area contributed by atoms with E-state index in [9.17, 15) is 0 Å². The number of halogens is 1. The molecule has 0 radical (unpaired) electrons. The predicted molar refractivity (Wildman–Crippen MR) is 75.1 cm³/mol. The molecule has 0 aromatic carbocycles. The number of nitrogens with zero attached hydrogens (tertiary/aromatic N) is 1. The summed E-state index contributed by atoms with van der Waals surface area (Å²) in [7, 11) is 0. The molecule has 4 nitrogen and oxygen atoms in total. The van der Waals surface area contributed by atoms with Crippen LogP contribution in [0, 0.1) is 5.92 Å². The fraction of sp³-hybridized carbons (Fsp3) is 0.583. The topological polar surface area (TPSA) is 60.2 Å². The maximum Gasteiger partial charge on any atom is 0.140 e. The lowest BCUT2D eigenvalue weighted by Crippen LogP contribution is -2.09. The van der Waals surface area contributed by atoms with E-state index in [0.717, 1.165) is 36.5 Å². The number of rotatable bonds is 7. The summed E-state index contributed by atoms with van der Waals surface area (Å²) in [4.78, 5) is 4.20. The van der Waals surface area contributed by atoms with Gasteiger partial charge in [0.2, 0.25) is 0 Å². The summed E-state index contributed by atoms with van der Waals surface area (Å²) in [6.07, 6.45) is 2.60. The highest BCUT2D eigenvalue weighted by molar-refractivity contribution is 9.10. The molecule has 17 heavy (non-hydrogen) atoms. The molecule has 0 saturated carbocycles. The Morgan fingerprint density at radius 1 is 1.53 bits per heavy atom. The second kappa shape index (κ2) is 7.50. The molecule has 0 saturated heterocycles. The van der Waals surface area contributed by atoms with Crippen molar-refractivity contribution in [3.63, 3.8) is 0 Å². The van der Waals surface area contributed by atoms with Crippen LogP contribution in [0.5, 0.6) is 0 Å². The van der Waals surface area contributed by atoms with E-state index in [1.54, 1.807) is 6.20 Å². The number of nitrogens with two attached hydrogens (primary N) is 1. The second-order valence-corrected chi connectivity index (χ2v) is 5.20. The van der Waals surface area contributed by atoms with Gasteiger partial charge < -0.3 is 15.8 Å². The fourth-order valence-electron chi connectivity index (χ4n) is 1.28. The average molecular weight is 302 g/mol. The number of aromatic nitrogens is 1. The minimum Gasteiger partial charge on any atom is -0.397 e. The van der Waals surface area contributed by atoms with Gasteiger partial charge in [-0.1, -0.05) is 13.8 Å². The minimum absolute atomic E-state index is 0.593. The molecule has 5 heteroatoms. The molecule has 3 N–H and O–H groups in total. The van der Waals surface area contributed by atoms with Crippen LogP contribution in [0.1, 0.15) is 20.3 Å². The number of hydrogen-bond donors (Lipinski definition) is 2. The molecule has 0 aliphatic carbocycles. The number of nitrogens with one attached hydrogen (secondary N) is 1. The lowest BCUT2D eigenvalue weighted by Gasteiger charge is -2.09. The predicted octanol–water partition coefficient (Wildman–Crippen LogP) is 2.90. The Bertz CT molecular complexity index is 345. The molecule has 0 unspecified atom stereocenters. The molecule has 0 amide bonds. The Kier molecular flexibility index (Phi) is 6.29. The van der Waals surface area contributed by atoms with Gasteiger partial charge in [0.1, 0.15) is 5.82 Å². The highest BCUT2D eigenvalue weighted by Gasteiger charge is 2.00. The van der Waals surface area contributed by atoms with Crippen molar-refractivity contribution in [2.45, 2.75) is 20.3 Å². The number of nitrogen functional groups attached to an aromatic ring is 1. The van der Waals surface area contributed by atoms with E-state index in [2.05, 4.69) is 40.1 Å². The molecule has 0 aliphatic rings. The van der Waals surface area contributed by atoms with Crippen molar-refractivity contribution in [2.24, 2.45) is 5.92 Å². The van der Waals surface area contributed by atoms with Crippen LogP contribution in [-0.2, 0) is 4.74 Å². The molecule has 0 atom stereocenters. The SMILES string of the molecule is CC(C)COCCCNc1ncc(N)cc1Br. The zero-order chi connectivity index (χ0) is 12.7. The summed E-state index contributed by atoms with van der Waals surface area (Å²) in [6.45, 7) is 6.73. The smallest absolute Gasteiger partial charge is 0.140 e. The van der Waals surface area contributed by atoms with Gasteiger partial charge in [-0.3, -0.25) is 0 Å². The van der Waals surface area contributed by atoms with Crippen LogP contribution in [0.15, 0.2) is 16.7 Å². The van der Waals surface area contributed by atoms with Crippen LogP contribution in [0.2, 0.25) is 0 Å². The fourth-order valence-corrected chi connectivity index (χ4v) is 1.79. The van der Waals surface area contributed by atoms with E-state index >= 15 is 0 Å². The van der Waals surface area contributed by atoms with Gasteiger partial charge in [0.25, 0.3) is 0 Å².